The molecule has 6 nitrogen and oxygen atoms in total. The van der Waals surface area contributed by atoms with Gasteiger partial charge in [0.2, 0.25) is 6.79 Å². The number of hydrogen-bond donors (Lipinski definition) is 0. The van der Waals surface area contributed by atoms with E-state index in [9.17, 15) is 8.42 Å². The molecule has 0 atom stereocenters. The van der Waals surface area contributed by atoms with Gasteiger partial charge in [-0.25, -0.2) is 0 Å². The van der Waals surface area contributed by atoms with Crippen molar-refractivity contribution in [3.63, 3.8) is 0 Å². The van der Waals surface area contributed by atoms with Crippen LogP contribution in [0.5, 0.6) is 17.2 Å². The highest BCUT2D eigenvalue weighted by molar-refractivity contribution is 7.87. The fraction of sp³-hybridized carbons (Fsp3) is 0.0667. The molecule has 0 fully saturated rings. The highest BCUT2D eigenvalue weighted by atomic mass is 32.2. The van der Waals surface area contributed by atoms with Gasteiger partial charge in [0.25, 0.3) is 0 Å². The largest absolute Gasteiger partial charge is 0.454 e. The van der Waals surface area contributed by atoms with E-state index in [-0.39, 0.29) is 17.4 Å². The molecule has 0 amide bonds. The monoisotopic (exact) mass is 507 g/mol. The number of fused-ring (bicyclic) bond motifs is 4. The van der Waals surface area contributed by atoms with Gasteiger partial charge in [-0.1, -0.05) is 60.7 Å². The normalized spacial score (nSPS) is 14.9. The zero-order valence-corrected chi connectivity index (χ0v) is 20.4. The van der Waals surface area contributed by atoms with Gasteiger partial charge in [-0.3, -0.25) is 0 Å². The lowest BCUT2D eigenvalue weighted by Gasteiger charge is -2.26. The Balaban J connectivity index is 1.27. The van der Waals surface area contributed by atoms with E-state index in [1.54, 1.807) is 36.4 Å². The van der Waals surface area contributed by atoms with E-state index in [4.69, 9.17) is 13.7 Å². The molecule has 0 bridgehead atoms. The van der Waals surface area contributed by atoms with Crippen LogP contribution in [0.4, 0.5) is 0 Å². The van der Waals surface area contributed by atoms with E-state index in [0.717, 1.165) is 44.0 Å². The Morgan fingerprint density at radius 1 is 0.784 bits per heavy atom. The summed E-state index contributed by atoms with van der Waals surface area (Å²) in [5.74, 6) is 1.76. The first-order chi connectivity index (χ1) is 18.0. The molecule has 7 heteroatoms. The van der Waals surface area contributed by atoms with Crippen molar-refractivity contribution in [2.75, 3.05) is 13.3 Å². The van der Waals surface area contributed by atoms with Crippen LogP contribution in [0.2, 0.25) is 0 Å². The Hall–Kier alpha value is -4.49. The van der Waals surface area contributed by atoms with E-state index >= 15 is 0 Å². The molecule has 3 heterocycles. The van der Waals surface area contributed by atoms with Crippen LogP contribution >= 0.6 is 0 Å². The number of rotatable bonds is 4. The van der Waals surface area contributed by atoms with Crippen molar-refractivity contribution >= 4 is 34.2 Å². The quantitative estimate of drug-likeness (QED) is 0.395. The minimum absolute atomic E-state index is 0.105. The molecule has 37 heavy (non-hydrogen) atoms. The molecule has 7 rings (SSSR count). The zero-order valence-electron chi connectivity index (χ0n) is 19.6. The number of hydrogen-bond acceptors (Lipinski definition) is 6. The smallest absolute Gasteiger partial charge is 0.339 e. The molecule has 3 aliphatic rings. The van der Waals surface area contributed by atoms with Crippen molar-refractivity contribution in [3.05, 3.63) is 106 Å². The van der Waals surface area contributed by atoms with Crippen LogP contribution in [0.3, 0.4) is 0 Å². The summed E-state index contributed by atoms with van der Waals surface area (Å²) in [7, 11) is -4.03. The molecule has 0 aliphatic carbocycles. The molecule has 4 aromatic carbocycles. The average molecular weight is 508 g/mol. The predicted molar refractivity (Wildman–Crippen MR) is 141 cm³/mol. The minimum Gasteiger partial charge on any atom is -0.454 e. The standard InChI is InChI=1S/C30H21NO5S/c32-37(33,24-11-9-21(10-12-24)20-5-2-1-3-6-20)36-28-8-4-7-22-15-27-25-17-30-29(34-19-35-30)16-23(25)13-14-31(27)18-26(22)28/h1-13,15-18H,14,19H2. The van der Waals surface area contributed by atoms with Crippen molar-refractivity contribution in [3.8, 4) is 28.4 Å². The Morgan fingerprint density at radius 3 is 2.35 bits per heavy atom. The molecular weight excluding hydrogens is 486 g/mol. The molecule has 0 saturated carbocycles. The lowest BCUT2D eigenvalue weighted by Crippen LogP contribution is -2.43. The van der Waals surface area contributed by atoms with Crippen LogP contribution < -0.4 is 34.5 Å². The Bertz CT molecular complexity index is 1920. The van der Waals surface area contributed by atoms with Gasteiger partial charge in [-0.05, 0) is 58.0 Å². The van der Waals surface area contributed by atoms with Crippen LogP contribution in [0.15, 0.2) is 89.8 Å². The highest BCUT2D eigenvalue weighted by Gasteiger charge is 2.22. The van der Waals surface area contributed by atoms with Gasteiger partial charge in [-0.15, -0.1) is 0 Å². The second kappa shape index (κ2) is 8.28. The van der Waals surface area contributed by atoms with Crippen LogP contribution in [0.1, 0.15) is 0 Å². The van der Waals surface area contributed by atoms with E-state index in [1.807, 2.05) is 54.7 Å². The summed E-state index contributed by atoms with van der Waals surface area (Å²) in [6.45, 7) is 0.861. The van der Waals surface area contributed by atoms with Crippen molar-refractivity contribution < 1.29 is 22.1 Å². The highest BCUT2D eigenvalue weighted by Crippen LogP contribution is 2.29. The van der Waals surface area contributed by atoms with Gasteiger partial charge in [-0.2, -0.15) is 8.42 Å². The third kappa shape index (κ3) is 3.75. The fourth-order valence-electron chi connectivity index (χ4n) is 4.89. The second-order valence-corrected chi connectivity index (χ2v) is 10.5. The molecule has 3 aliphatic heterocycles. The fourth-order valence-corrected chi connectivity index (χ4v) is 5.84. The van der Waals surface area contributed by atoms with Gasteiger partial charge in [0.15, 0.2) is 17.2 Å². The first-order valence-electron chi connectivity index (χ1n) is 11.9. The summed E-state index contributed by atoms with van der Waals surface area (Å²) in [6, 6.07) is 26.0. The van der Waals surface area contributed by atoms with Gasteiger partial charge < -0.3 is 18.6 Å². The molecule has 4 aromatic rings. The lowest BCUT2D eigenvalue weighted by atomic mass is 10.0. The summed E-state index contributed by atoms with van der Waals surface area (Å²) in [4.78, 5) is 2.19. The first kappa shape index (κ1) is 21.8. The third-order valence-electron chi connectivity index (χ3n) is 6.76. The molecule has 0 spiro atoms. The summed E-state index contributed by atoms with van der Waals surface area (Å²) in [5.41, 5.74) is 2.97. The molecule has 0 radical (unpaired) electrons. The summed E-state index contributed by atoms with van der Waals surface area (Å²) in [6.07, 6.45) is 6.11. The van der Waals surface area contributed by atoms with Gasteiger partial charge >= 0.3 is 10.1 Å². The van der Waals surface area contributed by atoms with Gasteiger partial charge in [0.1, 0.15) is 4.90 Å². The molecular formula is C30H21NO5S. The maximum atomic E-state index is 13.2. The lowest BCUT2D eigenvalue weighted by molar-refractivity contribution is 0.174. The molecule has 0 aromatic heterocycles. The number of benzene rings is 4. The predicted octanol–water partition coefficient (Wildman–Crippen LogP) is 2.29. The first-order valence-corrected chi connectivity index (χ1v) is 13.3. The zero-order chi connectivity index (χ0) is 25.0. The molecule has 0 N–H and O–H groups in total. The van der Waals surface area contributed by atoms with Crippen molar-refractivity contribution in [2.45, 2.75) is 4.90 Å². The Labute approximate surface area is 213 Å². The Morgan fingerprint density at radius 2 is 1.54 bits per heavy atom. The second-order valence-electron chi connectivity index (χ2n) is 8.99. The summed E-state index contributed by atoms with van der Waals surface area (Å²) < 4.78 is 43.2. The summed E-state index contributed by atoms with van der Waals surface area (Å²) in [5, 5.41) is 3.71. The minimum atomic E-state index is -4.03. The van der Waals surface area contributed by atoms with Gasteiger partial charge in [0, 0.05) is 28.9 Å². The van der Waals surface area contributed by atoms with E-state index < -0.39 is 10.1 Å². The van der Waals surface area contributed by atoms with E-state index in [0.29, 0.717) is 11.8 Å². The average Bonchev–Trinajstić information content (AvgIpc) is 3.39. The van der Waals surface area contributed by atoms with Crippen molar-refractivity contribution in [2.24, 2.45) is 0 Å². The SMILES string of the molecule is O=S(=O)(Oc1cccc2c1=CN1CC=c3cc4c(cc3=C1C=2)OCO4)c1ccc(-c2ccccc2)cc1. The number of nitrogens with zero attached hydrogens (tertiary/aromatic N) is 1. The number of ether oxygens (including phenoxy) is 2. The molecule has 0 unspecified atom stereocenters. The molecule has 182 valence electrons. The summed E-state index contributed by atoms with van der Waals surface area (Å²) >= 11 is 0. The molecule has 0 saturated heterocycles. The van der Waals surface area contributed by atoms with Crippen LogP contribution in [0.25, 0.3) is 35.2 Å². The maximum Gasteiger partial charge on any atom is 0.339 e. The van der Waals surface area contributed by atoms with E-state index in [2.05, 4.69) is 17.1 Å². The topological polar surface area (TPSA) is 65.1 Å². The Kier molecular flexibility index (Phi) is 4.87. The van der Waals surface area contributed by atoms with Gasteiger partial charge in [0.05, 0.1) is 0 Å². The maximum absolute atomic E-state index is 13.2. The van der Waals surface area contributed by atoms with Crippen LogP contribution in [-0.4, -0.2) is 26.7 Å². The van der Waals surface area contributed by atoms with Crippen molar-refractivity contribution in [1.82, 2.24) is 4.90 Å². The van der Waals surface area contributed by atoms with E-state index in [1.165, 1.54) is 0 Å². The third-order valence-corrected chi connectivity index (χ3v) is 8.01. The van der Waals surface area contributed by atoms with Crippen LogP contribution in [0, 0.1) is 0 Å². The van der Waals surface area contributed by atoms with Crippen LogP contribution in [-0.2, 0) is 10.1 Å². The van der Waals surface area contributed by atoms with Crippen molar-refractivity contribution in [1.29, 1.82) is 0 Å².